The van der Waals surface area contributed by atoms with Crippen molar-refractivity contribution in [3.63, 3.8) is 0 Å². The second-order valence-corrected chi connectivity index (χ2v) is 5.93. The zero-order chi connectivity index (χ0) is 19.3. The van der Waals surface area contributed by atoms with Crippen molar-refractivity contribution in [1.82, 2.24) is 10.3 Å². The fraction of sp³-hybridized carbons (Fsp3) is 0.368. The summed E-state index contributed by atoms with van der Waals surface area (Å²) in [5.74, 6) is -1.39. The predicted molar refractivity (Wildman–Crippen MR) is 97.7 cm³/mol. The molecule has 1 aromatic carbocycles. The quantitative estimate of drug-likeness (QED) is 0.772. The van der Waals surface area contributed by atoms with E-state index in [1.54, 1.807) is 0 Å². The highest BCUT2D eigenvalue weighted by molar-refractivity contribution is 6.06. The van der Waals surface area contributed by atoms with Gasteiger partial charge in [0.25, 0.3) is 5.91 Å². The Morgan fingerprint density at radius 1 is 1.23 bits per heavy atom. The van der Waals surface area contributed by atoms with Crippen molar-refractivity contribution in [3.8, 4) is 0 Å². The number of carbonyl (C=O) groups excluding carboxylic acids is 3. The number of para-hydroxylation sites is 1. The van der Waals surface area contributed by atoms with Crippen molar-refractivity contribution < 1.29 is 19.1 Å². The summed E-state index contributed by atoms with van der Waals surface area (Å²) in [6.07, 6.45) is 1.09. The van der Waals surface area contributed by atoms with Crippen molar-refractivity contribution >= 4 is 28.8 Å². The average molecular weight is 357 g/mol. The lowest BCUT2D eigenvalue weighted by atomic mass is 9.96. The van der Waals surface area contributed by atoms with Crippen LogP contribution in [0.25, 0.3) is 10.9 Å². The van der Waals surface area contributed by atoms with Gasteiger partial charge in [-0.05, 0) is 31.4 Å². The monoisotopic (exact) mass is 357 g/mol. The van der Waals surface area contributed by atoms with Crippen LogP contribution in [0.1, 0.15) is 48.8 Å². The van der Waals surface area contributed by atoms with Crippen LogP contribution in [-0.2, 0) is 22.4 Å². The number of hydrogen-bond donors (Lipinski definition) is 2. The maximum atomic E-state index is 12.8. The average Bonchev–Trinajstić information content (AvgIpc) is 2.60. The summed E-state index contributed by atoms with van der Waals surface area (Å²) < 4.78 is 5.30. The zero-order valence-electron chi connectivity index (χ0n) is 15.2. The normalized spacial score (nSPS) is 11.8. The van der Waals surface area contributed by atoms with Gasteiger partial charge in [0.1, 0.15) is 0 Å². The third kappa shape index (κ3) is 4.17. The van der Waals surface area contributed by atoms with Crippen LogP contribution in [0.4, 0.5) is 4.79 Å². The van der Waals surface area contributed by atoms with Crippen LogP contribution < -0.4 is 11.1 Å². The van der Waals surface area contributed by atoms with Crippen molar-refractivity contribution in [2.24, 2.45) is 5.73 Å². The topological polar surface area (TPSA) is 111 Å². The standard InChI is InChI=1S/C19H23N3O4/c1-4-8-14-12(5-2)16(13-9-6-7-10-15(13)21-14)18(24)26-11(3)17(23)22-19(20)25/h6-7,9-11H,4-5,8H2,1-3H3,(H3,20,22,23,25). The van der Waals surface area contributed by atoms with E-state index in [4.69, 9.17) is 10.5 Å². The molecule has 26 heavy (non-hydrogen) atoms. The first kappa shape index (κ1) is 19.4. The summed E-state index contributed by atoms with van der Waals surface area (Å²) in [6, 6.07) is 6.33. The number of imide groups is 1. The number of nitrogens with two attached hydrogens (primary N) is 1. The number of nitrogens with zero attached hydrogens (tertiary/aromatic N) is 1. The number of fused-ring (bicyclic) bond motifs is 1. The van der Waals surface area contributed by atoms with E-state index in [2.05, 4.69) is 4.98 Å². The molecule has 0 spiro atoms. The molecule has 138 valence electrons. The Morgan fingerprint density at radius 3 is 2.54 bits per heavy atom. The molecule has 1 heterocycles. The molecule has 7 heteroatoms. The first-order valence-electron chi connectivity index (χ1n) is 8.60. The summed E-state index contributed by atoms with van der Waals surface area (Å²) in [5.41, 5.74) is 7.72. The molecule has 0 aliphatic carbocycles. The van der Waals surface area contributed by atoms with Gasteiger partial charge in [0, 0.05) is 11.1 Å². The number of esters is 1. The lowest BCUT2D eigenvalue weighted by molar-refractivity contribution is -0.127. The number of aromatic nitrogens is 1. The minimum atomic E-state index is -1.15. The summed E-state index contributed by atoms with van der Waals surface area (Å²) >= 11 is 0. The summed E-state index contributed by atoms with van der Waals surface area (Å²) in [6.45, 7) is 5.38. The van der Waals surface area contributed by atoms with Gasteiger partial charge in [-0.25, -0.2) is 9.59 Å². The Labute approximate surface area is 151 Å². The molecule has 3 N–H and O–H groups in total. The van der Waals surface area contributed by atoms with Crippen LogP contribution in [0.5, 0.6) is 0 Å². The number of nitrogens with one attached hydrogen (secondary N) is 1. The number of amides is 3. The van der Waals surface area contributed by atoms with E-state index < -0.39 is 24.0 Å². The molecule has 0 fully saturated rings. The first-order chi connectivity index (χ1) is 12.4. The number of benzene rings is 1. The molecule has 2 rings (SSSR count). The molecule has 2 aromatic rings. The molecule has 0 saturated heterocycles. The Bertz CT molecular complexity index is 848. The molecule has 7 nitrogen and oxygen atoms in total. The third-order valence-corrected chi connectivity index (χ3v) is 4.02. The number of carbonyl (C=O) groups is 3. The predicted octanol–water partition coefficient (Wildman–Crippen LogP) is 2.49. The second-order valence-electron chi connectivity index (χ2n) is 5.93. The molecular formula is C19H23N3O4. The zero-order valence-corrected chi connectivity index (χ0v) is 15.2. The maximum Gasteiger partial charge on any atom is 0.339 e. The van der Waals surface area contributed by atoms with Gasteiger partial charge in [-0.1, -0.05) is 38.5 Å². The Kier molecular flexibility index (Phi) is 6.27. The number of primary amides is 1. The van der Waals surface area contributed by atoms with Gasteiger partial charge < -0.3 is 10.5 Å². The van der Waals surface area contributed by atoms with Crippen LogP contribution in [0.15, 0.2) is 24.3 Å². The van der Waals surface area contributed by atoms with Crippen LogP contribution in [0.3, 0.4) is 0 Å². The van der Waals surface area contributed by atoms with E-state index in [0.717, 1.165) is 24.1 Å². The van der Waals surface area contributed by atoms with Crippen molar-refractivity contribution in [2.45, 2.75) is 46.1 Å². The van der Waals surface area contributed by atoms with Crippen LogP contribution in [-0.4, -0.2) is 29.0 Å². The third-order valence-electron chi connectivity index (χ3n) is 4.02. The summed E-state index contributed by atoms with van der Waals surface area (Å²) in [5, 5.41) is 2.58. The van der Waals surface area contributed by atoms with E-state index in [-0.39, 0.29) is 0 Å². The summed E-state index contributed by atoms with van der Waals surface area (Å²) in [7, 11) is 0. The maximum absolute atomic E-state index is 12.8. The smallest absolute Gasteiger partial charge is 0.339 e. The number of pyridine rings is 1. The van der Waals surface area contributed by atoms with Gasteiger partial charge in [0.2, 0.25) is 0 Å². The SMILES string of the molecule is CCCc1nc2ccccc2c(C(=O)OC(C)C(=O)NC(N)=O)c1CC. The molecule has 3 amide bonds. The number of aryl methyl sites for hydroxylation is 1. The van der Waals surface area contributed by atoms with E-state index in [1.807, 2.05) is 43.4 Å². The molecular weight excluding hydrogens is 334 g/mol. The van der Waals surface area contributed by atoms with Crippen LogP contribution in [0, 0.1) is 0 Å². The first-order valence-corrected chi connectivity index (χ1v) is 8.60. The second kappa shape index (κ2) is 8.42. The van der Waals surface area contributed by atoms with Gasteiger partial charge in [-0.2, -0.15) is 0 Å². The Morgan fingerprint density at radius 2 is 1.92 bits per heavy atom. The lowest BCUT2D eigenvalue weighted by Gasteiger charge is -2.17. The number of rotatable bonds is 6. The molecule has 1 unspecified atom stereocenters. The van der Waals surface area contributed by atoms with Gasteiger partial charge in [0.05, 0.1) is 11.1 Å². The number of ether oxygens (including phenoxy) is 1. The molecule has 0 aliphatic heterocycles. The highest BCUT2D eigenvalue weighted by Crippen LogP contribution is 2.26. The lowest BCUT2D eigenvalue weighted by Crippen LogP contribution is -2.42. The molecule has 0 radical (unpaired) electrons. The van der Waals surface area contributed by atoms with Crippen LogP contribution >= 0.6 is 0 Å². The molecule has 0 saturated carbocycles. The largest absolute Gasteiger partial charge is 0.449 e. The van der Waals surface area contributed by atoms with E-state index in [0.29, 0.717) is 22.9 Å². The van der Waals surface area contributed by atoms with Gasteiger partial charge >= 0.3 is 12.0 Å². The van der Waals surface area contributed by atoms with Crippen LogP contribution in [0.2, 0.25) is 0 Å². The van der Waals surface area contributed by atoms with Gasteiger partial charge in [-0.15, -0.1) is 0 Å². The summed E-state index contributed by atoms with van der Waals surface area (Å²) in [4.78, 5) is 40.1. The highest BCUT2D eigenvalue weighted by Gasteiger charge is 2.25. The molecule has 1 atom stereocenters. The van der Waals surface area contributed by atoms with Crippen molar-refractivity contribution in [2.75, 3.05) is 0 Å². The van der Waals surface area contributed by atoms with Crippen molar-refractivity contribution in [3.05, 3.63) is 41.1 Å². The fourth-order valence-corrected chi connectivity index (χ4v) is 2.86. The molecule has 1 aromatic heterocycles. The number of hydrogen-bond acceptors (Lipinski definition) is 5. The fourth-order valence-electron chi connectivity index (χ4n) is 2.86. The Balaban J connectivity index is 2.47. The van der Waals surface area contributed by atoms with E-state index in [9.17, 15) is 14.4 Å². The Hall–Kier alpha value is -2.96. The molecule has 0 bridgehead atoms. The van der Waals surface area contributed by atoms with Gasteiger partial charge in [0.15, 0.2) is 6.10 Å². The van der Waals surface area contributed by atoms with E-state index in [1.165, 1.54) is 6.92 Å². The minimum Gasteiger partial charge on any atom is -0.449 e. The van der Waals surface area contributed by atoms with Gasteiger partial charge in [-0.3, -0.25) is 15.1 Å². The minimum absolute atomic E-state index is 0.417. The van der Waals surface area contributed by atoms with E-state index >= 15 is 0 Å². The highest BCUT2D eigenvalue weighted by atomic mass is 16.5. The molecule has 0 aliphatic rings. The van der Waals surface area contributed by atoms with Crippen molar-refractivity contribution in [1.29, 1.82) is 0 Å². The number of urea groups is 1.